The number of halogens is 1. The minimum absolute atomic E-state index is 0. The first kappa shape index (κ1) is 19.0. The first-order valence-electron chi connectivity index (χ1n) is 8.61. The van der Waals surface area contributed by atoms with Crippen molar-refractivity contribution in [2.75, 3.05) is 20.1 Å². The molecule has 0 aromatic heterocycles. The van der Waals surface area contributed by atoms with Gasteiger partial charge < -0.3 is 15.5 Å². The number of hydrogen-bond acceptors (Lipinski definition) is 2. The fourth-order valence-electron chi connectivity index (χ4n) is 2.85. The van der Waals surface area contributed by atoms with Crippen molar-refractivity contribution in [3.05, 3.63) is 35.4 Å². The largest absolute Gasteiger partial charge is 0.354 e. The Morgan fingerprint density at radius 2 is 1.83 bits per heavy atom. The third-order valence-electron chi connectivity index (χ3n) is 4.45. The maximum Gasteiger partial charge on any atom is 0.253 e. The number of aliphatic imine (C=N–C) groups is 1. The zero-order chi connectivity index (χ0) is 16.1. The van der Waals surface area contributed by atoms with Crippen molar-refractivity contribution in [3.63, 3.8) is 0 Å². The summed E-state index contributed by atoms with van der Waals surface area (Å²) in [7, 11) is 1.79. The van der Waals surface area contributed by atoms with E-state index in [0.29, 0.717) is 12.6 Å². The molecule has 1 aromatic rings. The summed E-state index contributed by atoms with van der Waals surface area (Å²) in [5, 5.41) is 6.67. The second-order valence-corrected chi connectivity index (χ2v) is 6.39. The summed E-state index contributed by atoms with van der Waals surface area (Å²) in [4.78, 5) is 18.6. The topological polar surface area (TPSA) is 56.7 Å². The first-order valence-corrected chi connectivity index (χ1v) is 8.61. The van der Waals surface area contributed by atoms with E-state index in [-0.39, 0.29) is 29.9 Å². The third kappa shape index (κ3) is 5.36. The Bertz CT molecular complexity index is 563. The lowest BCUT2D eigenvalue weighted by molar-refractivity contribution is 0.0724. The fraction of sp³-hybridized carbons (Fsp3) is 0.556. The van der Waals surface area contributed by atoms with E-state index < -0.39 is 0 Å². The number of amides is 1. The number of benzene rings is 1. The highest BCUT2D eigenvalue weighted by Crippen LogP contribution is 2.18. The second kappa shape index (κ2) is 9.25. The standard InChI is InChI=1S/C18H26N4O.HI/c1-19-18(21-16-9-10-16)20-13-14-5-7-15(8-6-14)17(23)22-11-3-2-4-12-22;/h5-8,16H,2-4,9-13H2,1H3,(H2,19,20,21);1H. The molecule has 1 aliphatic carbocycles. The fourth-order valence-corrected chi connectivity index (χ4v) is 2.85. The number of rotatable bonds is 4. The van der Waals surface area contributed by atoms with Crippen LogP contribution in [-0.4, -0.2) is 42.9 Å². The van der Waals surface area contributed by atoms with Crippen LogP contribution in [0.3, 0.4) is 0 Å². The van der Waals surface area contributed by atoms with Gasteiger partial charge in [0, 0.05) is 38.3 Å². The molecule has 0 atom stereocenters. The Hall–Kier alpha value is -1.31. The first-order chi connectivity index (χ1) is 11.3. The van der Waals surface area contributed by atoms with Gasteiger partial charge in [-0.15, -0.1) is 24.0 Å². The van der Waals surface area contributed by atoms with Gasteiger partial charge in [0.2, 0.25) is 0 Å². The van der Waals surface area contributed by atoms with Gasteiger partial charge in [0.05, 0.1) is 0 Å². The molecule has 0 spiro atoms. The van der Waals surface area contributed by atoms with E-state index in [1.165, 1.54) is 19.3 Å². The SMILES string of the molecule is CN=C(NCc1ccc(C(=O)N2CCCCC2)cc1)NC1CC1.I. The molecule has 132 valence electrons. The van der Waals surface area contributed by atoms with Gasteiger partial charge in [-0.05, 0) is 49.8 Å². The number of likely N-dealkylation sites (tertiary alicyclic amines) is 1. The summed E-state index contributed by atoms with van der Waals surface area (Å²) < 4.78 is 0. The maximum absolute atomic E-state index is 12.4. The molecule has 2 fully saturated rings. The van der Waals surface area contributed by atoms with Gasteiger partial charge in [0.1, 0.15) is 0 Å². The Morgan fingerprint density at radius 3 is 2.42 bits per heavy atom. The number of nitrogens with zero attached hydrogens (tertiary/aromatic N) is 2. The summed E-state index contributed by atoms with van der Waals surface area (Å²) in [5.74, 6) is 1.01. The van der Waals surface area contributed by atoms with Crippen LogP contribution in [0.4, 0.5) is 0 Å². The van der Waals surface area contributed by atoms with Gasteiger partial charge in [0.25, 0.3) is 5.91 Å². The molecule has 2 N–H and O–H groups in total. The van der Waals surface area contributed by atoms with Crippen LogP contribution in [0.5, 0.6) is 0 Å². The van der Waals surface area contributed by atoms with Crippen LogP contribution < -0.4 is 10.6 Å². The van der Waals surface area contributed by atoms with Crippen molar-refractivity contribution < 1.29 is 4.79 Å². The molecule has 1 aliphatic heterocycles. The lowest BCUT2D eigenvalue weighted by Crippen LogP contribution is -2.38. The molecule has 24 heavy (non-hydrogen) atoms. The number of hydrogen-bond donors (Lipinski definition) is 2. The van der Waals surface area contributed by atoms with E-state index in [4.69, 9.17) is 0 Å². The summed E-state index contributed by atoms with van der Waals surface area (Å²) in [6, 6.07) is 8.50. The molecule has 1 saturated heterocycles. The van der Waals surface area contributed by atoms with Crippen molar-refractivity contribution in [2.24, 2.45) is 4.99 Å². The number of nitrogens with one attached hydrogen (secondary N) is 2. The van der Waals surface area contributed by atoms with Gasteiger partial charge in [-0.1, -0.05) is 12.1 Å². The highest BCUT2D eigenvalue weighted by Gasteiger charge is 2.22. The van der Waals surface area contributed by atoms with E-state index in [9.17, 15) is 4.79 Å². The quantitative estimate of drug-likeness (QED) is 0.429. The van der Waals surface area contributed by atoms with Crippen LogP contribution in [0.15, 0.2) is 29.3 Å². The molecule has 1 aromatic carbocycles. The molecule has 6 heteroatoms. The molecule has 5 nitrogen and oxygen atoms in total. The van der Waals surface area contributed by atoms with E-state index in [1.54, 1.807) is 7.05 Å². The maximum atomic E-state index is 12.4. The van der Waals surface area contributed by atoms with Crippen LogP contribution in [0.25, 0.3) is 0 Å². The lowest BCUT2D eigenvalue weighted by atomic mass is 10.1. The second-order valence-electron chi connectivity index (χ2n) is 6.39. The van der Waals surface area contributed by atoms with Crippen molar-refractivity contribution in [2.45, 2.75) is 44.7 Å². The van der Waals surface area contributed by atoms with Crippen molar-refractivity contribution in [1.29, 1.82) is 0 Å². The van der Waals surface area contributed by atoms with E-state index in [0.717, 1.165) is 43.0 Å². The Labute approximate surface area is 161 Å². The molecule has 0 unspecified atom stereocenters. The number of guanidine groups is 1. The van der Waals surface area contributed by atoms with Crippen LogP contribution >= 0.6 is 24.0 Å². The highest BCUT2D eigenvalue weighted by molar-refractivity contribution is 14.0. The van der Waals surface area contributed by atoms with Crippen LogP contribution in [0.1, 0.15) is 48.0 Å². The Kier molecular flexibility index (Phi) is 7.33. The molecule has 2 aliphatic rings. The highest BCUT2D eigenvalue weighted by atomic mass is 127. The van der Waals surface area contributed by atoms with Gasteiger partial charge in [-0.2, -0.15) is 0 Å². The smallest absolute Gasteiger partial charge is 0.253 e. The normalized spacial score (nSPS) is 17.9. The molecule has 1 amide bonds. The van der Waals surface area contributed by atoms with Gasteiger partial charge in [0.15, 0.2) is 5.96 Å². The van der Waals surface area contributed by atoms with Crippen molar-refractivity contribution in [3.8, 4) is 0 Å². The zero-order valence-corrected chi connectivity index (χ0v) is 16.6. The van der Waals surface area contributed by atoms with E-state index >= 15 is 0 Å². The summed E-state index contributed by atoms with van der Waals surface area (Å²) in [6.45, 7) is 2.50. The average molecular weight is 442 g/mol. The Morgan fingerprint density at radius 1 is 1.17 bits per heavy atom. The van der Waals surface area contributed by atoms with Crippen LogP contribution in [0.2, 0.25) is 0 Å². The van der Waals surface area contributed by atoms with Gasteiger partial charge in [-0.3, -0.25) is 9.79 Å². The average Bonchev–Trinajstić information content (AvgIpc) is 3.43. The van der Waals surface area contributed by atoms with Crippen LogP contribution in [-0.2, 0) is 6.54 Å². The minimum Gasteiger partial charge on any atom is -0.354 e. The summed E-state index contributed by atoms with van der Waals surface area (Å²) in [6.07, 6.45) is 5.95. The van der Waals surface area contributed by atoms with E-state index in [1.807, 2.05) is 29.2 Å². The summed E-state index contributed by atoms with van der Waals surface area (Å²) in [5.41, 5.74) is 1.94. The van der Waals surface area contributed by atoms with Crippen LogP contribution in [0, 0.1) is 0 Å². The minimum atomic E-state index is 0. The molecule has 0 bridgehead atoms. The van der Waals surface area contributed by atoms with Crippen molar-refractivity contribution in [1.82, 2.24) is 15.5 Å². The third-order valence-corrected chi connectivity index (χ3v) is 4.45. The molecule has 3 rings (SSSR count). The predicted octanol–water partition coefficient (Wildman–Crippen LogP) is 2.76. The summed E-state index contributed by atoms with van der Waals surface area (Å²) >= 11 is 0. The lowest BCUT2D eigenvalue weighted by Gasteiger charge is -2.26. The number of piperidine rings is 1. The molecular weight excluding hydrogens is 415 g/mol. The Balaban J connectivity index is 0.00000208. The van der Waals surface area contributed by atoms with Crippen molar-refractivity contribution >= 4 is 35.8 Å². The molecule has 0 radical (unpaired) electrons. The zero-order valence-electron chi connectivity index (χ0n) is 14.3. The predicted molar refractivity (Wildman–Crippen MR) is 108 cm³/mol. The number of carbonyl (C=O) groups excluding carboxylic acids is 1. The number of carbonyl (C=O) groups is 1. The molecular formula is C18H27IN4O. The molecule has 1 heterocycles. The molecule has 1 saturated carbocycles. The van der Waals surface area contributed by atoms with Gasteiger partial charge in [-0.25, -0.2) is 0 Å². The van der Waals surface area contributed by atoms with Gasteiger partial charge >= 0.3 is 0 Å². The van der Waals surface area contributed by atoms with E-state index in [2.05, 4.69) is 15.6 Å². The monoisotopic (exact) mass is 442 g/mol.